The number of nitrogens with zero attached hydrogens (tertiary/aromatic N) is 4. The van der Waals surface area contributed by atoms with Crippen molar-refractivity contribution in [2.75, 3.05) is 14.2 Å². The van der Waals surface area contributed by atoms with Crippen LogP contribution < -0.4 is 20.7 Å². The second kappa shape index (κ2) is 6.75. The predicted molar refractivity (Wildman–Crippen MR) is 87.3 cm³/mol. The zero-order chi connectivity index (χ0) is 18.0. The summed E-state index contributed by atoms with van der Waals surface area (Å²) in [5, 5.41) is 17.9. The highest BCUT2D eigenvalue weighted by atomic mass is 35.5. The Morgan fingerprint density at radius 1 is 1.04 bits per heavy atom. The number of hydrogen-bond donors (Lipinski definition) is 1. The summed E-state index contributed by atoms with van der Waals surface area (Å²) in [5.41, 5.74) is -1.61. The van der Waals surface area contributed by atoms with Gasteiger partial charge in [-0.2, -0.15) is 0 Å². The van der Waals surface area contributed by atoms with E-state index in [1.807, 2.05) is 0 Å². The van der Waals surface area contributed by atoms with Crippen molar-refractivity contribution in [1.82, 2.24) is 9.13 Å². The molecule has 0 bridgehead atoms. The molecule has 1 aromatic carbocycles. The van der Waals surface area contributed by atoms with E-state index in [4.69, 9.17) is 21.1 Å². The molecule has 1 heterocycles. The van der Waals surface area contributed by atoms with Crippen molar-refractivity contribution >= 4 is 23.0 Å². The van der Waals surface area contributed by atoms with Gasteiger partial charge in [0.25, 0.3) is 5.56 Å². The summed E-state index contributed by atoms with van der Waals surface area (Å²) >= 11 is 6.00. The molecule has 0 atom stereocenters. The first-order valence-corrected chi connectivity index (χ1v) is 7.01. The number of rotatable bonds is 4. The molecule has 0 aliphatic carbocycles. The lowest BCUT2D eigenvalue weighted by Gasteiger charge is -2.09. The average Bonchev–Trinajstić information content (AvgIpc) is 2.58. The van der Waals surface area contributed by atoms with E-state index in [1.54, 1.807) is 0 Å². The van der Waals surface area contributed by atoms with Crippen LogP contribution in [-0.2, 0) is 14.1 Å². The van der Waals surface area contributed by atoms with Crippen molar-refractivity contribution in [2.45, 2.75) is 0 Å². The van der Waals surface area contributed by atoms with Crippen LogP contribution in [0.25, 0.3) is 0 Å². The van der Waals surface area contributed by atoms with Crippen molar-refractivity contribution in [3.05, 3.63) is 38.0 Å². The van der Waals surface area contributed by atoms with Crippen LogP contribution in [0, 0.1) is 0 Å². The number of ether oxygens (including phenoxy) is 2. The first kappa shape index (κ1) is 17.5. The van der Waals surface area contributed by atoms with E-state index in [0.717, 1.165) is 9.13 Å². The maximum atomic E-state index is 12.1. The highest BCUT2D eigenvalue weighted by Crippen LogP contribution is 2.38. The number of methoxy groups -OCH3 is 2. The second-order valence-electron chi connectivity index (χ2n) is 4.74. The molecule has 0 aliphatic heterocycles. The van der Waals surface area contributed by atoms with Crippen LogP contribution in [0.4, 0.5) is 11.4 Å². The van der Waals surface area contributed by atoms with Gasteiger partial charge in [-0.15, -0.1) is 10.2 Å². The molecule has 10 heteroatoms. The fraction of sp³-hybridized carbons (Fsp3) is 0.286. The molecule has 1 N–H and O–H groups in total. The number of aromatic nitrogens is 2. The summed E-state index contributed by atoms with van der Waals surface area (Å²) in [4.78, 5) is 23.8. The Balaban J connectivity index is 2.61. The molecule has 0 amide bonds. The van der Waals surface area contributed by atoms with Crippen LogP contribution in [0.3, 0.4) is 0 Å². The van der Waals surface area contributed by atoms with Crippen LogP contribution in [0.1, 0.15) is 0 Å². The van der Waals surface area contributed by atoms with Gasteiger partial charge in [-0.25, -0.2) is 4.79 Å². The van der Waals surface area contributed by atoms with E-state index in [0.29, 0.717) is 16.5 Å². The highest BCUT2D eigenvalue weighted by Gasteiger charge is 2.15. The molecule has 2 rings (SSSR count). The smallest absolute Gasteiger partial charge is 0.333 e. The third-order valence-electron chi connectivity index (χ3n) is 3.32. The predicted octanol–water partition coefficient (Wildman–Crippen LogP) is 1.88. The molecule has 1 aromatic heterocycles. The quantitative estimate of drug-likeness (QED) is 0.843. The molecular formula is C14H15ClN4O5. The molecule has 24 heavy (non-hydrogen) atoms. The molecule has 2 aromatic rings. The van der Waals surface area contributed by atoms with Crippen LogP contribution in [0.15, 0.2) is 32.0 Å². The Bertz CT molecular complexity index is 932. The van der Waals surface area contributed by atoms with E-state index in [2.05, 4.69) is 10.2 Å². The minimum atomic E-state index is -0.778. The maximum absolute atomic E-state index is 12.1. The topological polar surface area (TPSA) is 107 Å². The molecule has 0 radical (unpaired) electrons. The van der Waals surface area contributed by atoms with Gasteiger partial charge >= 0.3 is 5.69 Å². The minimum absolute atomic E-state index is 0.231. The lowest BCUT2D eigenvalue weighted by atomic mass is 10.3. The van der Waals surface area contributed by atoms with Crippen LogP contribution in [0.2, 0.25) is 5.02 Å². The largest absolute Gasteiger partial charge is 0.495 e. The van der Waals surface area contributed by atoms with Gasteiger partial charge in [0.15, 0.2) is 0 Å². The van der Waals surface area contributed by atoms with E-state index in [9.17, 15) is 14.7 Å². The lowest BCUT2D eigenvalue weighted by molar-refractivity contribution is 0.404. The fourth-order valence-corrected chi connectivity index (χ4v) is 2.16. The number of benzene rings is 1. The number of halogens is 1. The maximum Gasteiger partial charge on any atom is 0.333 e. The third kappa shape index (κ3) is 2.98. The van der Waals surface area contributed by atoms with Gasteiger partial charge in [-0.1, -0.05) is 11.6 Å². The van der Waals surface area contributed by atoms with Crippen molar-refractivity contribution in [3.8, 4) is 17.4 Å². The van der Waals surface area contributed by atoms with Crippen molar-refractivity contribution in [1.29, 1.82) is 0 Å². The lowest BCUT2D eigenvalue weighted by Crippen LogP contribution is -2.36. The van der Waals surface area contributed by atoms with Gasteiger partial charge in [-0.05, 0) is 0 Å². The zero-order valence-electron chi connectivity index (χ0n) is 13.4. The first-order chi connectivity index (χ1) is 11.3. The van der Waals surface area contributed by atoms with Crippen LogP contribution in [0.5, 0.6) is 17.4 Å². The Morgan fingerprint density at radius 3 is 2.25 bits per heavy atom. The standard InChI is InChI=1S/C14H15ClN4O5/c1-18-12(20)11(13(21)19(2)14(18)22)17-16-8-6-9(23-3)7(15)5-10(8)24-4/h5-6,20H,1-4H3. The second-order valence-corrected chi connectivity index (χ2v) is 5.14. The normalized spacial score (nSPS) is 11.0. The SMILES string of the molecule is COc1cc(N=Nc2c(O)n(C)c(=O)n(C)c2=O)c(OC)cc1Cl. The van der Waals surface area contributed by atoms with Gasteiger partial charge in [0, 0.05) is 26.2 Å². The number of aromatic hydroxyl groups is 1. The Labute approximate surface area is 141 Å². The molecule has 0 saturated carbocycles. The molecule has 0 aliphatic rings. The van der Waals surface area contributed by atoms with Gasteiger partial charge in [0.1, 0.15) is 17.2 Å². The fourth-order valence-electron chi connectivity index (χ4n) is 1.93. The van der Waals surface area contributed by atoms with Crippen molar-refractivity contribution in [3.63, 3.8) is 0 Å². The molecule has 0 saturated heterocycles. The third-order valence-corrected chi connectivity index (χ3v) is 3.62. The van der Waals surface area contributed by atoms with Gasteiger partial charge < -0.3 is 14.6 Å². The molecule has 0 fully saturated rings. The monoisotopic (exact) mass is 354 g/mol. The Hall–Kier alpha value is -2.81. The summed E-state index contributed by atoms with van der Waals surface area (Å²) in [7, 11) is 5.43. The van der Waals surface area contributed by atoms with Gasteiger partial charge in [-0.3, -0.25) is 13.9 Å². The first-order valence-electron chi connectivity index (χ1n) is 6.64. The van der Waals surface area contributed by atoms with Crippen molar-refractivity contribution < 1.29 is 14.6 Å². The van der Waals surface area contributed by atoms with E-state index in [1.165, 1.54) is 40.4 Å². The molecule has 0 unspecified atom stereocenters. The summed E-state index contributed by atoms with van der Waals surface area (Å²) in [6, 6.07) is 2.95. The molecule has 9 nitrogen and oxygen atoms in total. The van der Waals surface area contributed by atoms with Gasteiger partial charge in [0.05, 0.1) is 19.2 Å². The molecular weight excluding hydrogens is 340 g/mol. The summed E-state index contributed by atoms with van der Waals surface area (Å²) in [5.74, 6) is 0.0430. The van der Waals surface area contributed by atoms with Crippen LogP contribution >= 0.6 is 11.6 Å². The van der Waals surface area contributed by atoms with E-state index in [-0.39, 0.29) is 11.4 Å². The summed E-state index contributed by atoms with van der Waals surface area (Å²) < 4.78 is 11.9. The zero-order valence-corrected chi connectivity index (χ0v) is 14.2. The van der Waals surface area contributed by atoms with Gasteiger partial charge in [0.2, 0.25) is 11.6 Å². The van der Waals surface area contributed by atoms with E-state index >= 15 is 0 Å². The Morgan fingerprint density at radius 2 is 1.67 bits per heavy atom. The summed E-state index contributed by atoms with van der Waals surface area (Å²) in [6.07, 6.45) is 0. The summed E-state index contributed by atoms with van der Waals surface area (Å²) in [6.45, 7) is 0. The van der Waals surface area contributed by atoms with E-state index < -0.39 is 17.1 Å². The minimum Gasteiger partial charge on any atom is -0.495 e. The van der Waals surface area contributed by atoms with Crippen LogP contribution in [-0.4, -0.2) is 28.5 Å². The highest BCUT2D eigenvalue weighted by molar-refractivity contribution is 6.32. The Kier molecular flexibility index (Phi) is 4.93. The van der Waals surface area contributed by atoms with Crippen molar-refractivity contribution in [2.24, 2.45) is 24.3 Å². The molecule has 0 spiro atoms. The average molecular weight is 355 g/mol. The molecule has 128 valence electrons. The number of azo groups is 1. The number of hydrogen-bond acceptors (Lipinski definition) is 7.